The summed E-state index contributed by atoms with van der Waals surface area (Å²) in [6.07, 6.45) is 5.56. The zero-order valence-corrected chi connectivity index (χ0v) is 9.06. The molecule has 2 atom stereocenters. The van der Waals surface area contributed by atoms with Gasteiger partial charge < -0.3 is 9.47 Å². The Morgan fingerprint density at radius 2 is 1.87 bits per heavy atom. The van der Waals surface area contributed by atoms with E-state index in [0.29, 0.717) is 0 Å². The maximum atomic E-state index is 10.9. The van der Waals surface area contributed by atoms with Crippen molar-refractivity contribution in [1.82, 2.24) is 0 Å². The number of rotatable bonds is 2. The Labute approximate surface area is 89.2 Å². The summed E-state index contributed by atoms with van der Waals surface area (Å²) in [4.78, 5) is 21.7. The first-order valence-electron chi connectivity index (χ1n) is 5.10. The minimum absolute atomic E-state index is 0.340. The standard InChI is InChI=1S/C11H16O4/c1-8(12)14-10-6-4-3-5-7-11(10)15-9(2)13/h4,6,10-11H,3,5,7H2,1-2H3. The van der Waals surface area contributed by atoms with E-state index in [1.807, 2.05) is 6.08 Å². The van der Waals surface area contributed by atoms with Gasteiger partial charge in [-0.15, -0.1) is 0 Å². The number of allylic oxidation sites excluding steroid dienone is 1. The van der Waals surface area contributed by atoms with E-state index in [1.54, 1.807) is 6.08 Å². The van der Waals surface area contributed by atoms with Gasteiger partial charge in [0.25, 0.3) is 0 Å². The summed E-state index contributed by atoms with van der Waals surface area (Å²) in [6, 6.07) is 0. The molecule has 15 heavy (non-hydrogen) atoms. The van der Waals surface area contributed by atoms with Crippen molar-refractivity contribution in [1.29, 1.82) is 0 Å². The number of ether oxygens (including phenoxy) is 2. The molecule has 0 saturated heterocycles. The number of carbonyl (C=O) groups excluding carboxylic acids is 2. The van der Waals surface area contributed by atoms with E-state index in [1.165, 1.54) is 13.8 Å². The molecule has 0 amide bonds. The molecule has 1 aliphatic rings. The molecule has 0 bridgehead atoms. The topological polar surface area (TPSA) is 52.6 Å². The summed E-state index contributed by atoms with van der Waals surface area (Å²) >= 11 is 0. The summed E-state index contributed by atoms with van der Waals surface area (Å²) in [5, 5.41) is 0. The van der Waals surface area contributed by atoms with Gasteiger partial charge in [0.2, 0.25) is 0 Å². The third kappa shape index (κ3) is 4.14. The predicted molar refractivity (Wildman–Crippen MR) is 54.1 cm³/mol. The van der Waals surface area contributed by atoms with Crippen molar-refractivity contribution >= 4 is 11.9 Å². The molecule has 0 N–H and O–H groups in total. The van der Waals surface area contributed by atoms with Crippen molar-refractivity contribution in [3.8, 4) is 0 Å². The van der Waals surface area contributed by atoms with Crippen LogP contribution in [0.15, 0.2) is 12.2 Å². The molecule has 0 aromatic heterocycles. The van der Waals surface area contributed by atoms with E-state index < -0.39 is 6.10 Å². The summed E-state index contributed by atoms with van der Waals surface area (Å²) in [7, 11) is 0. The zero-order valence-electron chi connectivity index (χ0n) is 9.06. The number of esters is 2. The van der Waals surface area contributed by atoms with E-state index in [2.05, 4.69) is 0 Å². The van der Waals surface area contributed by atoms with Crippen LogP contribution in [-0.4, -0.2) is 24.1 Å². The Balaban J connectivity index is 2.65. The minimum Gasteiger partial charge on any atom is -0.458 e. The molecule has 0 aromatic rings. The lowest BCUT2D eigenvalue weighted by Gasteiger charge is -2.22. The maximum absolute atomic E-state index is 10.9. The lowest BCUT2D eigenvalue weighted by atomic mass is 10.1. The molecule has 1 aliphatic carbocycles. The van der Waals surface area contributed by atoms with Crippen LogP contribution in [-0.2, 0) is 19.1 Å². The Bertz CT molecular complexity index is 270. The van der Waals surface area contributed by atoms with Gasteiger partial charge in [-0.25, -0.2) is 0 Å². The molecule has 4 nitrogen and oxygen atoms in total. The maximum Gasteiger partial charge on any atom is 0.303 e. The molecule has 2 unspecified atom stereocenters. The van der Waals surface area contributed by atoms with E-state index >= 15 is 0 Å². The first-order chi connectivity index (χ1) is 7.09. The highest BCUT2D eigenvalue weighted by Crippen LogP contribution is 2.18. The summed E-state index contributed by atoms with van der Waals surface area (Å²) < 4.78 is 10.2. The van der Waals surface area contributed by atoms with Crippen LogP contribution in [0.1, 0.15) is 33.1 Å². The fraction of sp³-hybridized carbons (Fsp3) is 0.636. The monoisotopic (exact) mass is 212 g/mol. The molecule has 0 heterocycles. The van der Waals surface area contributed by atoms with Crippen LogP contribution in [0.3, 0.4) is 0 Å². The van der Waals surface area contributed by atoms with Gasteiger partial charge in [0.1, 0.15) is 6.10 Å². The molecule has 0 aromatic carbocycles. The molecule has 1 rings (SSSR count). The van der Waals surface area contributed by atoms with Crippen LogP contribution in [0.2, 0.25) is 0 Å². The molecular formula is C11H16O4. The normalized spacial score (nSPS) is 25.5. The van der Waals surface area contributed by atoms with Crippen LogP contribution in [0, 0.1) is 0 Å². The Kier molecular flexibility index (Phi) is 4.34. The van der Waals surface area contributed by atoms with Crippen molar-refractivity contribution in [3.63, 3.8) is 0 Å². The van der Waals surface area contributed by atoms with Crippen molar-refractivity contribution in [2.24, 2.45) is 0 Å². The van der Waals surface area contributed by atoms with Crippen molar-refractivity contribution in [2.45, 2.75) is 45.3 Å². The zero-order chi connectivity index (χ0) is 11.3. The Hall–Kier alpha value is -1.32. The van der Waals surface area contributed by atoms with Gasteiger partial charge in [-0.05, 0) is 25.3 Å². The second kappa shape index (κ2) is 5.53. The van der Waals surface area contributed by atoms with Gasteiger partial charge in [-0.1, -0.05) is 6.08 Å². The molecule has 0 aliphatic heterocycles. The smallest absolute Gasteiger partial charge is 0.303 e. The van der Waals surface area contributed by atoms with Crippen LogP contribution >= 0.6 is 0 Å². The lowest BCUT2D eigenvalue weighted by Crippen LogP contribution is -2.32. The number of hydrogen-bond donors (Lipinski definition) is 0. The molecule has 4 heteroatoms. The number of carbonyl (C=O) groups is 2. The Morgan fingerprint density at radius 3 is 2.47 bits per heavy atom. The van der Waals surface area contributed by atoms with Gasteiger partial charge in [-0.3, -0.25) is 9.59 Å². The quantitative estimate of drug-likeness (QED) is 0.515. The summed E-state index contributed by atoms with van der Waals surface area (Å²) in [5.74, 6) is -0.698. The van der Waals surface area contributed by atoms with Crippen molar-refractivity contribution in [3.05, 3.63) is 12.2 Å². The lowest BCUT2D eigenvalue weighted by molar-refractivity contribution is -0.161. The highest BCUT2D eigenvalue weighted by Gasteiger charge is 2.25. The first kappa shape index (κ1) is 11.8. The average Bonchev–Trinajstić information content (AvgIpc) is 2.30. The van der Waals surface area contributed by atoms with Crippen LogP contribution in [0.25, 0.3) is 0 Å². The third-order valence-electron chi connectivity index (χ3n) is 2.17. The minimum atomic E-state index is -0.436. The molecular weight excluding hydrogens is 196 g/mol. The van der Waals surface area contributed by atoms with Crippen molar-refractivity contribution < 1.29 is 19.1 Å². The molecule has 0 radical (unpaired) electrons. The van der Waals surface area contributed by atoms with Gasteiger partial charge >= 0.3 is 11.9 Å². The van der Waals surface area contributed by atoms with Gasteiger partial charge in [0.05, 0.1) is 0 Å². The van der Waals surface area contributed by atoms with Gasteiger partial charge in [0, 0.05) is 13.8 Å². The average molecular weight is 212 g/mol. The second-order valence-electron chi connectivity index (χ2n) is 3.58. The van der Waals surface area contributed by atoms with E-state index in [-0.39, 0.29) is 18.0 Å². The number of hydrogen-bond acceptors (Lipinski definition) is 4. The fourth-order valence-electron chi connectivity index (χ4n) is 1.60. The van der Waals surface area contributed by atoms with E-state index in [9.17, 15) is 9.59 Å². The second-order valence-corrected chi connectivity index (χ2v) is 3.58. The predicted octanol–water partition coefficient (Wildman–Crippen LogP) is 1.59. The molecule has 0 spiro atoms. The SMILES string of the molecule is CC(=O)OC1C=CCCCC1OC(C)=O. The van der Waals surface area contributed by atoms with Crippen LogP contribution in [0.5, 0.6) is 0 Å². The largest absolute Gasteiger partial charge is 0.458 e. The van der Waals surface area contributed by atoms with Crippen LogP contribution < -0.4 is 0 Å². The first-order valence-corrected chi connectivity index (χ1v) is 5.10. The molecule has 84 valence electrons. The molecule has 0 saturated carbocycles. The van der Waals surface area contributed by atoms with E-state index in [4.69, 9.17) is 9.47 Å². The molecule has 0 fully saturated rings. The highest BCUT2D eigenvalue weighted by atomic mass is 16.6. The summed E-state index contributed by atoms with van der Waals surface area (Å²) in [5.41, 5.74) is 0. The third-order valence-corrected chi connectivity index (χ3v) is 2.17. The highest BCUT2D eigenvalue weighted by molar-refractivity contribution is 5.67. The fourth-order valence-corrected chi connectivity index (χ4v) is 1.60. The van der Waals surface area contributed by atoms with Gasteiger partial charge in [0.15, 0.2) is 6.10 Å². The Morgan fingerprint density at radius 1 is 1.20 bits per heavy atom. The van der Waals surface area contributed by atoms with Crippen molar-refractivity contribution in [2.75, 3.05) is 0 Å². The van der Waals surface area contributed by atoms with E-state index in [0.717, 1.165) is 19.3 Å². The van der Waals surface area contributed by atoms with Crippen LogP contribution in [0.4, 0.5) is 0 Å². The van der Waals surface area contributed by atoms with Gasteiger partial charge in [-0.2, -0.15) is 0 Å². The summed E-state index contributed by atoms with van der Waals surface area (Å²) in [6.45, 7) is 2.71.